The van der Waals surface area contributed by atoms with Gasteiger partial charge in [0.05, 0.1) is 32.4 Å². The van der Waals surface area contributed by atoms with E-state index in [4.69, 9.17) is 28.3 Å². The number of carboxylic acid groups (broad SMARTS) is 1. The Morgan fingerprint density at radius 1 is 1.14 bits per heavy atom. The van der Waals surface area contributed by atoms with Gasteiger partial charge in [-0.2, -0.15) is 0 Å². The standard InChI is InChI=1S/C12H8Cl2N2O4S/c13-10-2-1-9(4-11(10)14)21(19,20)16-8-3-7(12(17)18)5-15-6-8/h1-6,16H,(H,17,18). The van der Waals surface area contributed by atoms with Gasteiger partial charge in [-0.15, -0.1) is 0 Å². The summed E-state index contributed by atoms with van der Waals surface area (Å²) in [5.41, 5.74) is -0.106. The summed E-state index contributed by atoms with van der Waals surface area (Å²) in [7, 11) is -3.92. The van der Waals surface area contributed by atoms with Crippen LogP contribution < -0.4 is 4.72 Å². The Kier molecular flexibility index (Phi) is 4.36. The minimum absolute atomic E-state index is 0.0287. The van der Waals surface area contributed by atoms with Crippen molar-refractivity contribution in [1.82, 2.24) is 4.98 Å². The van der Waals surface area contributed by atoms with E-state index in [0.29, 0.717) is 0 Å². The number of hydrogen-bond donors (Lipinski definition) is 2. The first-order chi connectivity index (χ1) is 9.79. The van der Waals surface area contributed by atoms with E-state index >= 15 is 0 Å². The zero-order valence-corrected chi connectivity index (χ0v) is 12.6. The van der Waals surface area contributed by atoms with Gasteiger partial charge in [0.2, 0.25) is 0 Å². The monoisotopic (exact) mass is 346 g/mol. The summed E-state index contributed by atoms with van der Waals surface area (Å²) in [6.07, 6.45) is 2.31. The summed E-state index contributed by atoms with van der Waals surface area (Å²) in [5, 5.41) is 9.16. The molecule has 110 valence electrons. The van der Waals surface area contributed by atoms with Crippen molar-refractivity contribution >= 4 is 44.9 Å². The normalized spacial score (nSPS) is 11.1. The Labute approximate surface area is 130 Å². The minimum atomic E-state index is -3.92. The second-order valence-corrected chi connectivity index (χ2v) is 6.45. The fourth-order valence-electron chi connectivity index (χ4n) is 1.47. The lowest BCUT2D eigenvalue weighted by atomic mass is 10.3. The van der Waals surface area contributed by atoms with E-state index < -0.39 is 16.0 Å². The first kappa shape index (κ1) is 15.6. The van der Waals surface area contributed by atoms with Gasteiger partial charge in [-0.1, -0.05) is 23.2 Å². The van der Waals surface area contributed by atoms with Crippen molar-refractivity contribution in [2.45, 2.75) is 4.90 Å². The second kappa shape index (κ2) is 5.88. The molecule has 0 spiro atoms. The summed E-state index contributed by atoms with van der Waals surface area (Å²) in [6.45, 7) is 0. The van der Waals surface area contributed by atoms with Gasteiger partial charge in [0.15, 0.2) is 0 Å². The molecule has 1 heterocycles. The van der Waals surface area contributed by atoms with Crippen molar-refractivity contribution in [2.24, 2.45) is 0 Å². The van der Waals surface area contributed by atoms with Crippen LogP contribution in [0.5, 0.6) is 0 Å². The molecule has 1 aromatic carbocycles. The third-order valence-corrected chi connectivity index (χ3v) is 4.56. The van der Waals surface area contributed by atoms with Crippen LogP contribution in [0.4, 0.5) is 5.69 Å². The summed E-state index contributed by atoms with van der Waals surface area (Å²) < 4.78 is 26.5. The summed E-state index contributed by atoms with van der Waals surface area (Å²) >= 11 is 11.5. The molecule has 0 aliphatic rings. The molecule has 0 saturated carbocycles. The lowest BCUT2D eigenvalue weighted by molar-refractivity contribution is 0.0696. The lowest BCUT2D eigenvalue weighted by Gasteiger charge is -2.09. The van der Waals surface area contributed by atoms with E-state index in [2.05, 4.69) is 9.71 Å². The van der Waals surface area contributed by atoms with Crippen molar-refractivity contribution in [3.05, 3.63) is 52.3 Å². The number of sulfonamides is 1. The molecule has 0 aliphatic heterocycles. The fraction of sp³-hybridized carbons (Fsp3) is 0. The van der Waals surface area contributed by atoms with Gasteiger partial charge in [-0.3, -0.25) is 9.71 Å². The van der Waals surface area contributed by atoms with Gasteiger partial charge in [0.25, 0.3) is 10.0 Å². The zero-order chi connectivity index (χ0) is 15.6. The zero-order valence-electron chi connectivity index (χ0n) is 10.2. The Bertz CT molecular complexity index is 809. The van der Waals surface area contributed by atoms with Crippen LogP contribution >= 0.6 is 23.2 Å². The van der Waals surface area contributed by atoms with Crippen LogP contribution in [0.25, 0.3) is 0 Å². The molecule has 0 radical (unpaired) electrons. The van der Waals surface area contributed by atoms with Gasteiger partial charge in [0, 0.05) is 6.20 Å². The molecule has 0 aliphatic carbocycles. The van der Waals surface area contributed by atoms with Gasteiger partial charge in [-0.25, -0.2) is 13.2 Å². The molecule has 2 aromatic rings. The molecule has 9 heteroatoms. The molecule has 0 atom stereocenters. The predicted molar refractivity (Wildman–Crippen MR) is 78.5 cm³/mol. The average Bonchev–Trinajstić information content (AvgIpc) is 2.41. The highest BCUT2D eigenvalue weighted by molar-refractivity contribution is 7.92. The minimum Gasteiger partial charge on any atom is -0.478 e. The van der Waals surface area contributed by atoms with Gasteiger partial charge >= 0.3 is 5.97 Å². The fourth-order valence-corrected chi connectivity index (χ4v) is 2.89. The molecule has 21 heavy (non-hydrogen) atoms. The smallest absolute Gasteiger partial charge is 0.337 e. The van der Waals surface area contributed by atoms with Crippen LogP contribution in [0.15, 0.2) is 41.6 Å². The number of carboxylic acids is 1. The van der Waals surface area contributed by atoms with Crippen molar-refractivity contribution in [3.8, 4) is 0 Å². The van der Waals surface area contributed by atoms with Crippen LogP contribution in [0.1, 0.15) is 10.4 Å². The SMILES string of the molecule is O=C(O)c1cncc(NS(=O)(=O)c2ccc(Cl)c(Cl)c2)c1. The maximum atomic E-state index is 12.2. The summed E-state index contributed by atoms with van der Waals surface area (Å²) in [5.74, 6) is -1.21. The van der Waals surface area contributed by atoms with Crippen LogP contribution in [-0.4, -0.2) is 24.5 Å². The first-order valence-corrected chi connectivity index (χ1v) is 7.70. The largest absolute Gasteiger partial charge is 0.478 e. The number of aromatic carboxylic acids is 1. The topological polar surface area (TPSA) is 96.4 Å². The van der Waals surface area contributed by atoms with Crippen LogP contribution in [0.2, 0.25) is 10.0 Å². The predicted octanol–water partition coefficient (Wildman–Crippen LogP) is 2.89. The number of carbonyl (C=O) groups is 1. The van der Waals surface area contributed by atoms with Gasteiger partial charge in [-0.05, 0) is 24.3 Å². The number of anilines is 1. The highest BCUT2D eigenvalue weighted by Crippen LogP contribution is 2.26. The number of halogens is 2. The van der Waals surface area contributed by atoms with Crippen LogP contribution in [-0.2, 0) is 10.0 Å². The molecule has 6 nitrogen and oxygen atoms in total. The van der Waals surface area contributed by atoms with E-state index in [-0.39, 0.29) is 26.2 Å². The van der Waals surface area contributed by atoms with Crippen LogP contribution in [0.3, 0.4) is 0 Å². The third kappa shape index (κ3) is 3.63. The first-order valence-electron chi connectivity index (χ1n) is 5.46. The molecular weight excluding hydrogens is 339 g/mol. The molecule has 0 bridgehead atoms. The molecule has 0 saturated heterocycles. The number of aromatic nitrogens is 1. The molecule has 0 unspecified atom stereocenters. The maximum Gasteiger partial charge on any atom is 0.337 e. The molecule has 2 N–H and O–H groups in total. The molecular formula is C12H8Cl2N2O4S. The number of benzene rings is 1. The lowest BCUT2D eigenvalue weighted by Crippen LogP contribution is -2.13. The number of rotatable bonds is 4. The van der Waals surface area contributed by atoms with Crippen molar-refractivity contribution in [2.75, 3.05) is 4.72 Å². The van der Waals surface area contributed by atoms with Crippen LogP contribution in [0, 0.1) is 0 Å². The van der Waals surface area contributed by atoms with E-state index in [0.717, 1.165) is 12.3 Å². The Morgan fingerprint density at radius 3 is 2.48 bits per heavy atom. The van der Waals surface area contributed by atoms with E-state index in [1.54, 1.807) is 0 Å². The van der Waals surface area contributed by atoms with E-state index in [1.165, 1.54) is 24.4 Å². The maximum absolute atomic E-state index is 12.2. The quantitative estimate of drug-likeness (QED) is 0.887. The summed E-state index contributed by atoms with van der Waals surface area (Å²) in [6, 6.07) is 4.99. The molecule has 2 rings (SSSR count). The number of hydrogen-bond acceptors (Lipinski definition) is 4. The van der Waals surface area contributed by atoms with Gasteiger partial charge < -0.3 is 5.11 Å². The highest BCUT2D eigenvalue weighted by Gasteiger charge is 2.16. The molecule has 0 amide bonds. The number of pyridine rings is 1. The number of nitrogens with one attached hydrogen (secondary N) is 1. The molecule has 0 fully saturated rings. The van der Waals surface area contributed by atoms with Crippen molar-refractivity contribution < 1.29 is 18.3 Å². The Hall–Kier alpha value is -1.83. The third-order valence-electron chi connectivity index (χ3n) is 2.44. The number of nitrogens with zero attached hydrogens (tertiary/aromatic N) is 1. The second-order valence-electron chi connectivity index (χ2n) is 3.95. The van der Waals surface area contributed by atoms with Gasteiger partial charge in [0.1, 0.15) is 0 Å². The van der Waals surface area contributed by atoms with Crippen molar-refractivity contribution in [1.29, 1.82) is 0 Å². The Morgan fingerprint density at radius 2 is 1.86 bits per heavy atom. The van der Waals surface area contributed by atoms with Crippen molar-refractivity contribution in [3.63, 3.8) is 0 Å². The molecule has 1 aromatic heterocycles. The Balaban J connectivity index is 2.35. The van der Waals surface area contributed by atoms with E-state index in [1.807, 2.05) is 0 Å². The summed E-state index contributed by atoms with van der Waals surface area (Å²) in [4.78, 5) is 14.4. The average molecular weight is 347 g/mol. The highest BCUT2D eigenvalue weighted by atomic mass is 35.5. The van der Waals surface area contributed by atoms with E-state index in [9.17, 15) is 13.2 Å².